The number of phenols is 1. The van der Waals surface area contributed by atoms with E-state index in [1.54, 1.807) is 0 Å². The molecule has 4 atom stereocenters. The van der Waals surface area contributed by atoms with Crippen molar-refractivity contribution in [2.24, 2.45) is 17.3 Å². The Kier molecular flexibility index (Phi) is 3.91. The van der Waals surface area contributed by atoms with E-state index in [-0.39, 0.29) is 11.5 Å². The zero-order valence-corrected chi connectivity index (χ0v) is 14.6. The maximum atomic E-state index is 10.6. The number of aryl methyl sites for hydroxylation is 1. The number of benzene rings is 1. The maximum Gasteiger partial charge on any atom is 0.127 e. The highest BCUT2D eigenvalue weighted by atomic mass is 16.5. The van der Waals surface area contributed by atoms with Crippen LogP contribution in [0.1, 0.15) is 70.9 Å². The van der Waals surface area contributed by atoms with E-state index in [9.17, 15) is 5.11 Å². The van der Waals surface area contributed by atoms with Gasteiger partial charge in [0, 0.05) is 17.4 Å². The highest BCUT2D eigenvalue weighted by Crippen LogP contribution is 2.68. The molecule has 1 aliphatic heterocycles. The van der Waals surface area contributed by atoms with Crippen LogP contribution in [0.15, 0.2) is 12.1 Å². The summed E-state index contributed by atoms with van der Waals surface area (Å²) in [6.07, 6.45) is 4.81. The Morgan fingerprint density at radius 1 is 1.18 bits per heavy atom. The van der Waals surface area contributed by atoms with Gasteiger partial charge in [0.15, 0.2) is 0 Å². The number of rotatable bonds is 4. The normalized spacial score (nSPS) is 31.7. The van der Waals surface area contributed by atoms with Gasteiger partial charge in [-0.3, -0.25) is 0 Å². The number of hydrogen-bond donors (Lipinski definition) is 1. The first-order valence-electron chi connectivity index (χ1n) is 8.94. The van der Waals surface area contributed by atoms with Crippen molar-refractivity contribution >= 4 is 0 Å². The zero-order valence-electron chi connectivity index (χ0n) is 14.6. The average Bonchev–Trinajstić information content (AvgIpc) is 2.44. The topological polar surface area (TPSA) is 29.5 Å². The van der Waals surface area contributed by atoms with Gasteiger partial charge in [-0.15, -0.1) is 0 Å². The summed E-state index contributed by atoms with van der Waals surface area (Å²) < 4.78 is 6.24. The van der Waals surface area contributed by atoms with Crippen molar-refractivity contribution in [3.63, 3.8) is 0 Å². The minimum absolute atomic E-state index is 0.247. The van der Waals surface area contributed by atoms with Gasteiger partial charge in [-0.2, -0.15) is 0 Å². The summed E-state index contributed by atoms with van der Waals surface area (Å²) in [7, 11) is 0. The third-order valence-corrected chi connectivity index (χ3v) is 6.09. The molecule has 0 bridgehead atoms. The fourth-order valence-electron chi connectivity index (χ4n) is 5.16. The van der Waals surface area contributed by atoms with Gasteiger partial charge >= 0.3 is 0 Å². The summed E-state index contributed by atoms with van der Waals surface area (Å²) in [5.41, 5.74) is 2.50. The molecule has 1 aromatic rings. The van der Waals surface area contributed by atoms with Crippen LogP contribution in [0, 0.1) is 17.3 Å². The van der Waals surface area contributed by atoms with Gasteiger partial charge in [0.1, 0.15) is 11.5 Å². The standard InChI is InChI=1S/C20H30O2/c1-6-8-13-10-15(21)18-16(11-13)22-12(3)17-14(9-7-2)20(4,5)19(17)18/h10-12,14,17,19,21H,6-9H2,1-5H3/t12-,14?,17+,19-/m0/s1. The van der Waals surface area contributed by atoms with Crippen LogP contribution in [0.4, 0.5) is 0 Å². The van der Waals surface area contributed by atoms with E-state index in [0.29, 0.717) is 23.5 Å². The SMILES string of the molecule is CCCc1cc(O)c2c(c1)O[C@@H](C)[C@@H]1C(CCC)C(C)(C)[C@H]21. The molecule has 0 spiro atoms. The Morgan fingerprint density at radius 2 is 1.91 bits per heavy atom. The Labute approximate surface area is 134 Å². The summed E-state index contributed by atoms with van der Waals surface area (Å²) in [5.74, 6) is 3.05. The van der Waals surface area contributed by atoms with Crippen molar-refractivity contribution in [2.45, 2.75) is 72.3 Å². The molecule has 1 fully saturated rings. The van der Waals surface area contributed by atoms with E-state index in [4.69, 9.17) is 4.74 Å². The van der Waals surface area contributed by atoms with Crippen LogP contribution in [0.2, 0.25) is 0 Å². The van der Waals surface area contributed by atoms with Crippen molar-refractivity contribution in [1.29, 1.82) is 0 Å². The van der Waals surface area contributed by atoms with Gasteiger partial charge < -0.3 is 9.84 Å². The smallest absolute Gasteiger partial charge is 0.127 e. The lowest BCUT2D eigenvalue weighted by atomic mass is 9.43. The van der Waals surface area contributed by atoms with Crippen LogP contribution in [0.5, 0.6) is 11.5 Å². The molecule has 22 heavy (non-hydrogen) atoms. The summed E-state index contributed by atoms with van der Waals surface area (Å²) >= 11 is 0. The lowest BCUT2D eigenvalue weighted by Gasteiger charge is -2.63. The predicted octanol–water partition coefficient (Wildman–Crippen LogP) is 5.28. The lowest BCUT2D eigenvalue weighted by molar-refractivity contribution is -0.117. The van der Waals surface area contributed by atoms with Gasteiger partial charge in [-0.1, -0.05) is 40.5 Å². The molecule has 1 saturated carbocycles. The molecular formula is C20H30O2. The minimum atomic E-state index is 0.247. The first-order chi connectivity index (χ1) is 10.4. The highest BCUT2D eigenvalue weighted by Gasteiger charge is 2.61. The summed E-state index contributed by atoms with van der Waals surface area (Å²) in [5, 5.41) is 10.6. The predicted molar refractivity (Wildman–Crippen MR) is 90.6 cm³/mol. The quantitative estimate of drug-likeness (QED) is 0.819. The van der Waals surface area contributed by atoms with E-state index >= 15 is 0 Å². The fourth-order valence-corrected chi connectivity index (χ4v) is 5.16. The highest BCUT2D eigenvalue weighted by molar-refractivity contribution is 5.53. The second-order valence-electron chi connectivity index (χ2n) is 7.87. The van der Waals surface area contributed by atoms with Gasteiger partial charge in [-0.25, -0.2) is 0 Å². The monoisotopic (exact) mass is 302 g/mol. The van der Waals surface area contributed by atoms with E-state index in [1.807, 2.05) is 6.07 Å². The van der Waals surface area contributed by atoms with Crippen molar-refractivity contribution in [3.05, 3.63) is 23.3 Å². The van der Waals surface area contributed by atoms with Gasteiger partial charge in [0.25, 0.3) is 0 Å². The molecule has 122 valence electrons. The zero-order chi connectivity index (χ0) is 16.1. The Morgan fingerprint density at radius 3 is 2.55 bits per heavy atom. The fraction of sp³-hybridized carbons (Fsp3) is 0.700. The maximum absolute atomic E-state index is 10.6. The van der Waals surface area contributed by atoms with Crippen LogP contribution < -0.4 is 4.74 Å². The molecule has 0 radical (unpaired) electrons. The van der Waals surface area contributed by atoms with Crippen LogP contribution in [0.3, 0.4) is 0 Å². The van der Waals surface area contributed by atoms with E-state index in [2.05, 4.69) is 40.7 Å². The minimum Gasteiger partial charge on any atom is -0.508 e. The molecule has 2 nitrogen and oxygen atoms in total. The summed E-state index contributed by atoms with van der Waals surface area (Å²) in [6, 6.07) is 4.12. The van der Waals surface area contributed by atoms with E-state index in [1.165, 1.54) is 18.4 Å². The largest absolute Gasteiger partial charge is 0.508 e. The molecule has 0 saturated heterocycles. The molecule has 1 aliphatic carbocycles. The van der Waals surface area contributed by atoms with Crippen LogP contribution in [-0.4, -0.2) is 11.2 Å². The molecule has 2 heteroatoms. The number of phenolic OH excluding ortho intramolecular Hbond substituents is 1. The van der Waals surface area contributed by atoms with Crippen molar-refractivity contribution in [1.82, 2.24) is 0 Å². The van der Waals surface area contributed by atoms with E-state index < -0.39 is 0 Å². The third-order valence-electron chi connectivity index (χ3n) is 6.09. The Balaban J connectivity index is 2.02. The van der Waals surface area contributed by atoms with Gasteiger partial charge in [0.2, 0.25) is 0 Å². The number of hydrogen-bond acceptors (Lipinski definition) is 2. The summed E-state index contributed by atoms with van der Waals surface area (Å²) in [6.45, 7) is 11.4. The molecule has 1 heterocycles. The molecular weight excluding hydrogens is 272 g/mol. The molecule has 1 unspecified atom stereocenters. The van der Waals surface area contributed by atoms with Crippen molar-refractivity contribution in [2.75, 3.05) is 0 Å². The van der Waals surface area contributed by atoms with Crippen LogP contribution >= 0.6 is 0 Å². The molecule has 3 rings (SSSR count). The van der Waals surface area contributed by atoms with Crippen LogP contribution in [0.25, 0.3) is 0 Å². The first kappa shape index (κ1) is 15.7. The first-order valence-corrected chi connectivity index (χ1v) is 8.94. The number of aromatic hydroxyl groups is 1. The van der Waals surface area contributed by atoms with Crippen LogP contribution in [-0.2, 0) is 6.42 Å². The van der Waals surface area contributed by atoms with Gasteiger partial charge in [0.05, 0.1) is 6.10 Å². The Bertz CT molecular complexity index is 561. The molecule has 1 N–H and O–H groups in total. The molecule has 2 aliphatic rings. The lowest BCUT2D eigenvalue weighted by Crippen LogP contribution is -2.58. The Hall–Kier alpha value is -1.18. The number of fused-ring (bicyclic) bond motifs is 3. The second kappa shape index (κ2) is 5.47. The van der Waals surface area contributed by atoms with Crippen molar-refractivity contribution in [3.8, 4) is 11.5 Å². The molecule has 1 aromatic carbocycles. The molecule has 0 amide bonds. The number of ether oxygens (including phenoxy) is 1. The second-order valence-corrected chi connectivity index (χ2v) is 7.87. The summed E-state index contributed by atoms with van der Waals surface area (Å²) in [4.78, 5) is 0. The van der Waals surface area contributed by atoms with Crippen molar-refractivity contribution < 1.29 is 9.84 Å². The average molecular weight is 302 g/mol. The third kappa shape index (κ3) is 2.14. The van der Waals surface area contributed by atoms with E-state index in [0.717, 1.165) is 24.2 Å². The van der Waals surface area contributed by atoms with Gasteiger partial charge in [-0.05, 0) is 48.8 Å². The molecule has 0 aromatic heterocycles.